The van der Waals surface area contributed by atoms with Gasteiger partial charge in [0.25, 0.3) is 0 Å². The third kappa shape index (κ3) is 4.75. The molecule has 0 fully saturated rings. The Bertz CT molecular complexity index is 662. The SMILES string of the molecule is Cc1ccc(CC(=O)NCc2sccc2C#CCO)cc1. The van der Waals surface area contributed by atoms with Crippen molar-refractivity contribution in [1.82, 2.24) is 5.32 Å². The van der Waals surface area contributed by atoms with Gasteiger partial charge in [0, 0.05) is 10.4 Å². The van der Waals surface area contributed by atoms with Crippen LogP contribution in [0.1, 0.15) is 21.6 Å². The van der Waals surface area contributed by atoms with Crippen LogP contribution in [0.5, 0.6) is 0 Å². The van der Waals surface area contributed by atoms with Gasteiger partial charge in [0.2, 0.25) is 5.91 Å². The molecule has 2 N–H and O–H groups in total. The second-order valence-electron chi connectivity index (χ2n) is 4.66. The van der Waals surface area contributed by atoms with Crippen molar-refractivity contribution >= 4 is 17.2 Å². The summed E-state index contributed by atoms with van der Waals surface area (Å²) in [6, 6.07) is 9.85. The topological polar surface area (TPSA) is 49.3 Å². The van der Waals surface area contributed by atoms with E-state index < -0.39 is 0 Å². The summed E-state index contributed by atoms with van der Waals surface area (Å²) >= 11 is 1.55. The van der Waals surface area contributed by atoms with Gasteiger partial charge in [-0.2, -0.15) is 0 Å². The van der Waals surface area contributed by atoms with Crippen molar-refractivity contribution in [2.45, 2.75) is 19.9 Å². The average Bonchev–Trinajstić information content (AvgIpc) is 2.93. The molecule has 0 spiro atoms. The zero-order valence-electron chi connectivity index (χ0n) is 11.8. The minimum absolute atomic E-state index is 0.00618. The van der Waals surface area contributed by atoms with E-state index >= 15 is 0 Å². The number of carbonyl (C=O) groups is 1. The number of aliphatic hydroxyl groups excluding tert-OH is 1. The molecule has 1 aromatic heterocycles. The highest BCUT2D eigenvalue weighted by molar-refractivity contribution is 7.10. The maximum absolute atomic E-state index is 11.9. The van der Waals surface area contributed by atoms with Gasteiger partial charge in [-0.25, -0.2) is 0 Å². The second kappa shape index (κ2) is 7.63. The van der Waals surface area contributed by atoms with Gasteiger partial charge in [0.1, 0.15) is 6.61 Å². The molecule has 0 aliphatic carbocycles. The quantitative estimate of drug-likeness (QED) is 0.851. The van der Waals surface area contributed by atoms with E-state index in [0.717, 1.165) is 16.0 Å². The molecular formula is C17H17NO2S. The van der Waals surface area contributed by atoms with Crippen molar-refractivity contribution < 1.29 is 9.90 Å². The van der Waals surface area contributed by atoms with Crippen molar-refractivity contribution in [3.63, 3.8) is 0 Å². The van der Waals surface area contributed by atoms with Crippen LogP contribution in [-0.2, 0) is 17.8 Å². The van der Waals surface area contributed by atoms with Crippen molar-refractivity contribution in [2.24, 2.45) is 0 Å². The van der Waals surface area contributed by atoms with Gasteiger partial charge in [-0.3, -0.25) is 4.79 Å². The summed E-state index contributed by atoms with van der Waals surface area (Å²) in [5, 5.41) is 13.6. The molecule has 2 rings (SSSR count). The van der Waals surface area contributed by atoms with Gasteiger partial charge in [-0.05, 0) is 23.9 Å². The summed E-state index contributed by atoms with van der Waals surface area (Å²) in [6.07, 6.45) is 0.378. The monoisotopic (exact) mass is 299 g/mol. The van der Waals surface area contributed by atoms with Crippen molar-refractivity contribution in [1.29, 1.82) is 0 Å². The van der Waals surface area contributed by atoms with E-state index in [9.17, 15) is 4.79 Å². The first kappa shape index (κ1) is 15.3. The predicted molar refractivity (Wildman–Crippen MR) is 85.0 cm³/mol. The summed E-state index contributed by atoms with van der Waals surface area (Å²) in [4.78, 5) is 12.9. The minimum Gasteiger partial charge on any atom is -0.384 e. The largest absolute Gasteiger partial charge is 0.384 e. The van der Waals surface area contributed by atoms with Crippen LogP contribution in [0, 0.1) is 18.8 Å². The number of benzene rings is 1. The summed E-state index contributed by atoms with van der Waals surface area (Å²) in [5.74, 6) is 5.50. The highest BCUT2D eigenvalue weighted by atomic mass is 32.1. The molecule has 3 nitrogen and oxygen atoms in total. The van der Waals surface area contributed by atoms with Crippen LogP contribution in [0.3, 0.4) is 0 Å². The molecule has 0 radical (unpaired) electrons. The number of hydrogen-bond donors (Lipinski definition) is 2. The lowest BCUT2D eigenvalue weighted by molar-refractivity contribution is -0.120. The van der Waals surface area contributed by atoms with Crippen molar-refractivity contribution in [2.75, 3.05) is 6.61 Å². The fourth-order valence-corrected chi connectivity index (χ4v) is 2.63. The van der Waals surface area contributed by atoms with Crippen LogP contribution in [0.4, 0.5) is 0 Å². The maximum atomic E-state index is 11.9. The smallest absolute Gasteiger partial charge is 0.224 e. The molecule has 0 saturated carbocycles. The van der Waals surface area contributed by atoms with E-state index in [-0.39, 0.29) is 12.5 Å². The van der Waals surface area contributed by atoms with Crippen LogP contribution in [0.15, 0.2) is 35.7 Å². The molecule has 108 valence electrons. The number of amides is 1. The number of carbonyl (C=O) groups excluding carboxylic acids is 1. The molecule has 1 amide bonds. The summed E-state index contributed by atoms with van der Waals surface area (Å²) < 4.78 is 0. The minimum atomic E-state index is -0.158. The van der Waals surface area contributed by atoms with Crippen molar-refractivity contribution in [3.8, 4) is 11.8 Å². The Morgan fingerprint density at radius 2 is 2.05 bits per heavy atom. The van der Waals surface area contributed by atoms with E-state index in [1.807, 2.05) is 42.6 Å². The zero-order chi connectivity index (χ0) is 15.1. The summed E-state index contributed by atoms with van der Waals surface area (Å²) in [6.45, 7) is 2.34. The molecule has 1 heterocycles. The second-order valence-corrected chi connectivity index (χ2v) is 5.66. The molecule has 0 atom stereocenters. The number of aryl methyl sites for hydroxylation is 1. The number of hydrogen-bond acceptors (Lipinski definition) is 3. The Hall–Kier alpha value is -2.09. The van der Waals surface area contributed by atoms with Gasteiger partial charge >= 0.3 is 0 Å². The van der Waals surface area contributed by atoms with Gasteiger partial charge in [0.05, 0.1) is 13.0 Å². The van der Waals surface area contributed by atoms with E-state index in [1.54, 1.807) is 11.3 Å². The van der Waals surface area contributed by atoms with E-state index in [2.05, 4.69) is 17.2 Å². The Balaban J connectivity index is 1.89. The van der Waals surface area contributed by atoms with Crippen LogP contribution in [-0.4, -0.2) is 17.6 Å². The first-order valence-corrected chi connectivity index (χ1v) is 7.55. The van der Waals surface area contributed by atoms with E-state index in [4.69, 9.17) is 5.11 Å². The van der Waals surface area contributed by atoms with Crippen LogP contribution in [0.2, 0.25) is 0 Å². The first-order chi connectivity index (χ1) is 10.2. The fraction of sp³-hybridized carbons (Fsp3) is 0.235. The van der Waals surface area contributed by atoms with Crippen LogP contribution < -0.4 is 5.32 Å². The molecule has 0 aliphatic heterocycles. The maximum Gasteiger partial charge on any atom is 0.224 e. The molecule has 1 aromatic carbocycles. The number of rotatable bonds is 4. The van der Waals surface area contributed by atoms with Gasteiger partial charge in [-0.15, -0.1) is 11.3 Å². The van der Waals surface area contributed by atoms with Crippen molar-refractivity contribution in [3.05, 3.63) is 57.3 Å². The molecule has 0 unspecified atom stereocenters. The predicted octanol–water partition coefficient (Wildman–Crippen LogP) is 2.26. The van der Waals surface area contributed by atoms with E-state index in [0.29, 0.717) is 13.0 Å². The normalized spacial score (nSPS) is 9.81. The van der Waals surface area contributed by atoms with Crippen LogP contribution in [0.25, 0.3) is 0 Å². The van der Waals surface area contributed by atoms with E-state index in [1.165, 1.54) is 5.56 Å². The average molecular weight is 299 g/mol. The zero-order valence-corrected chi connectivity index (χ0v) is 12.7. The molecule has 2 aromatic rings. The first-order valence-electron chi connectivity index (χ1n) is 6.67. The summed E-state index contributed by atoms with van der Waals surface area (Å²) in [7, 11) is 0. The Kier molecular flexibility index (Phi) is 5.56. The Morgan fingerprint density at radius 3 is 2.76 bits per heavy atom. The Morgan fingerprint density at radius 1 is 1.29 bits per heavy atom. The molecular weight excluding hydrogens is 282 g/mol. The third-order valence-corrected chi connectivity index (χ3v) is 3.90. The van der Waals surface area contributed by atoms with Gasteiger partial charge in [-0.1, -0.05) is 41.7 Å². The third-order valence-electron chi connectivity index (χ3n) is 2.98. The highest BCUT2D eigenvalue weighted by Crippen LogP contribution is 2.15. The fourth-order valence-electron chi connectivity index (χ4n) is 1.86. The Labute approximate surface area is 128 Å². The van der Waals surface area contributed by atoms with Crippen LogP contribution >= 0.6 is 11.3 Å². The lowest BCUT2D eigenvalue weighted by atomic mass is 10.1. The number of thiophene rings is 1. The number of nitrogens with one attached hydrogen (secondary N) is 1. The lowest BCUT2D eigenvalue weighted by Crippen LogP contribution is -2.24. The summed E-state index contributed by atoms with van der Waals surface area (Å²) in [5.41, 5.74) is 3.05. The molecule has 21 heavy (non-hydrogen) atoms. The van der Waals surface area contributed by atoms with Gasteiger partial charge in [0.15, 0.2) is 0 Å². The van der Waals surface area contributed by atoms with Gasteiger partial charge < -0.3 is 10.4 Å². The molecule has 0 aliphatic rings. The lowest BCUT2D eigenvalue weighted by Gasteiger charge is -2.05. The molecule has 4 heteroatoms. The molecule has 0 bridgehead atoms. The number of aliphatic hydroxyl groups is 1. The highest BCUT2D eigenvalue weighted by Gasteiger charge is 2.06. The standard InChI is InChI=1S/C17H17NO2S/c1-13-4-6-14(7-5-13)11-17(20)18-12-16-15(3-2-9-19)8-10-21-16/h4-8,10,19H,9,11-12H2,1H3,(H,18,20). The molecule has 0 saturated heterocycles.